The number of amides is 2. The van der Waals surface area contributed by atoms with E-state index in [-0.39, 0.29) is 11.4 Å². The molecule has 0 atom stereocenters. The molecule has 0 aliphatic carbocycles. The molecule has 0 aliphatic heterocycles. The summed E-state index contributed by atoms with van der Waals surface area (Å²) in [6.07, 6.45) is 1.43. The summed E-state index contributed by atoms with van der Waals surface area (Å²) in [4.78, 5) is 20.7. The van der Waals surface area contributed by atoms with Crippen LogP contribution in [0, 0.1) is 21.6 Å². The molecule has 7 nitrogen and oxygen atoms in total. The van der Waals surface area contributed by atoms with Gasteiger partial charge in [0.25, 0.3) is 5.69 Å². The summed E-state index contributed by atoms with van der Waals surface area (Å²) in [5, 5.41) is 22.6. The van der Waals surface area contributed by atoms with Gasteiger partial charge in [0.1, 0.15) is 0 Å². The lowest BCUT2D eigenvalue weighted by Gasteiger charge is -2.01. The molecule has 0 heterocycles. The smallest absolute Gasteiger partial charge is 0.307 e. The largest absolute Gasteiger partial charge is 0.332 e. The minimum atomic E-state index is -0.738. The van der Waals surface area contributed by atoms with Crippen LogP contribution in [0.2, 0.25) is 0 Å². The molecule has 7 heteroatoms. The van der Waals surface area contributed by atoms with Crippen LogP contribution >= 0.6 is 0 Å². The Morgan fingerprint density at radius 2 is 2.27 bits per heavy atom. The van der Waals surface area contributed by atoms with Crippen LogP contribution in [0.4, 0.5) is 16.2 Å². The third-order valence-electron chi connectivity index (χ3n) is 1.48. The Balaban J connectivity index is 2.79. The topological polar surface area (TPSA) is 108 Å². The molecule has 1 rings (SSSR count). The van der Waals surface area contributed by atoms with Crippen molar-refractivity contribution in [1.29, 1.82) is 5.26 Å². The molecule has 0 unspecified atom stereocenters. The number of anilines is 1. The Morgan fingerprint density at radius 1 is 1.53 bits per heavy atom. The Bertz CT molecular complexity index is 438. The van der Waals surface area contributed by atoms with Crippen molar-refractivity contribution in [2.75, 3.05) is 5.32 Å². The van der Waals surface area contributed by atoms with E-state index in [2.05, 4.69) is 5.32 Å². The van der Waals surface area contributed by atoms with E-state index in [1.807, 2.05) is 5.32 Å². The number of nitrogens with zero attached hydrogens (tertiary/aromatic N) is 2. The maximum Gasteiger partial charge on any atom is 0.332 e. The summed E-state index contributed by atoms with van der Waals surface area (Å²) >= 11 is 0. The fraction of sp³-hybridized carbons (Fsp3) is 0. The maximum absolute atomic E-state index is 10.9. The van der Waals surface area contributed by atoms with Crippen LogP contribution in [0.5, 0.6) is 0 Å². The first-order valence-electron chi connectivity index (χ1n) is 3.84. The first-order chi connectivity index (χ1) is 7.13. The molecule has 15 heavy (non-hydrogen) atoms. The number of non-ortho nitro benzene ring substituents is 1. The summed E-state index contributed by atoms with van der Waals surface area (Å²) in [7, 11) is 0. The average molecular weight is 206 g/mol. The molecule has 0 aromatic heterocycles. The molecule has 0 fully saturated rings. The lowest BCUT2D eigenvalue weighted by atomic mass is 10.3. The molecule has 2 N–H and O–H groups in total. The first-order valence-corrected chi connectivity index (χ1v) is 3.84. The number of benzene rings is 1. The van der Waals surface area contributed by atoms with Crippen molar-refractivity contribution in [2.45, 2.75) is 0 Å². The van der Waals surface area contributed by atoms with Crippen molar-refractivity contribution in [3.8, 4) is 6.19 Å². The van der Waals surface area contributed by atoms with Gasteiger partial charge in [0.2, 0.25) is 0 Å². The highest BCUT2D eigenvalue weighted by molar-refractivity contribution is 5.90. The van der Waals surface area contributed by atoms with E-state index in [1.165, 1.54) is 30.5 Å². The van der Waals surface area contributed by atoms with Gasteiger partial charge in [-0.25, -0.2) is 10.1 Å². The maximum atomic E-state index is 10.9. The van der Waals surface area contributed by atoms with Gasteiger partial charge in [-0.3, -0.25) is 10.1 Å². The number of hydrogen-bond donors (Lipinski definition) is 2. The quantitative estimate of drug-likeness (QED) is 0.328. The van der Waals surface area contributed by atoms with E-state index in [0.717, 1.165) is 0 Å². The third kappa shape index (κ3) is 2.96. The van der Waals surface area contributed by atoms with Crippen LogP contribution in [0.1, 0.15) is 0 Å². The molecule has 76 valence electrons. The summed E-state index contributed by atoms with van der Waals surface area (Å²) in [5.74, 6) is 0. The number of nitro groups is 1. The molecule has 1 aromatic carbocycles. The van der Waals surface area contributed by atoms with E-state index >= 15 is 0 Å². The highest BCUT2D eigenvalue weighted by Gasteiger charge is 2.07. The number of nitrogens with one attached hydrogen (secondary N) is 2. The van der Waals surface area contributed by atoms with Crippen LogP contribution in [0.3, 0.4) is 0 Å². The number of hydrogen-bond acceptors (Lipinski definition) is 4. The predicted octanol–water partition coefficient (Wildman–Crippen LogP) is 1.20. The second-order valence-electron chi connectivity index (χ2n) is 2.50. The standard InChI is InChI=1S/C8H6N4O3/c9-5-10-8(13)11-6-2-1-3-7(4-6)12(14)15/h1-4H,(H2,10,11,13). The van der Waals surface area contributed by atoms with Gasteiger partial charge in [0, 0.05) is 17.8 Å². The Morgan fingerprint density at radius 3 is 2.87 bits per heavy atom. The SMILES string of the molecule is N#CNC(=O)Nc1cccc([N+](=O)[O-])c1. The van der Waals surface area contributed by atoms with E-state index in [4.69, 9.17) is 5.26 Å². The van der Waals surface area contributed by atoms with Crippen LogP contribution in [0.15, 0.2) is 24.3 Å². The minimum Gasteiger partial charge on any atom is -0.307 e. The number of rotatable bonds is 2. The van der Waals surface area contributed by atoms with Crippen molar-refractivity contribution >= 4 is 17.4 Å². The Kier molecular flexibility index (Phi) is 3.19. The third-order valence-corrected chi connectivity index (χ3v) is 1.48. The Labute approximate surface area is 84.5 Å². The van der Waals surface area contributed by atoms with E-state index < -0.39 is 11.0 Å². The van der Waals surface area contributed by atoms with Crippen LogP contribution in [0.25, 0.3) is 0 Å². The van der Waals surface area contributed by atoms with E-state index in [0.29, 0.717) is 0 Å². The molecule has 1 aromatic rings. The van der Waals surface area contributed by atoms with Gasteiger partial charge in [0.05, 0.1) is 4.92 Å². The average Bonchev–Trinajstić information content (AvgIpc) is 2.18. The summed E-state index contributed by atoms with van der Waals surface area (Å²) in [6.45, 7) is 0. The molecular formula is C8H6N4O3. The predicted molar refractivity (Wildman–Crippen MR) is 50.9 cm³/mol. The Hall–Kier alpha value is -2.62. The number of carbonyl (C=O) groups is 1. The van der Waals surface area contributed by atoms with Gasteiger partial charge in [0.15, 0.2) is 6.19 Å². The number of urea groups is 1. The fourth-order valence-corrected chi connectivity index (χ4v) is 0.910. The van der Waals surface area contributed by atoms with Crippen molar-refractivity contribution in [3.63, 3.8) is 0 Å². The second kappa shape index (κ2) is 4.57. The van der Waals surface area contributed by atoms with Crippen molar-refractivity contribution in [2.24, 2.45) is 0 Å². The highest BCUT2D eigenvalue weighted by atomic mass is 16.6. The van der Waals surface area contributed by atoms with E-state index in [1.54, 1.807) is 0 Å². The van der Waals surface area contributed by atoms with Gasteiger partial charge < -0.3 is 5.32 Å². The monoisotopic (exact) mass is 206 g/mol. The second-order valence-corrected chi connectivity index (χ2v) is 2.50. The zero-order valence-electron chi connectivity index (χ0n) is 7.43. The first kappa shape index (κ1) is 10.5. The molecular weight excluding hydrogens is 200 g/mol. The normalized spacial score (nSPS) is 8.73. The van der Waals surface area contributed by atoms with Gasteiger partial charge >= 0.3 is 6.03 Å². The number of carbonyl (C=O) groups excluding carboxylic acids is 1. The van der Waals surface area contributed by atoms with Gasteiger partial charge in [-0.05, 0) is 6.07 Å². The van der Waals surface area contributed by atoms with E-state index in [9.17, 15) is 14.9 Å². The zero-order chi connectivity index (χ0) is 11.3. The lowest BCUT2D eigenvalue weighted by Crippen LogP contribution is -2.23. The molecule has 0 saturated heterocycles. The summed E-state index contributed by atoms with van der Waals surface area (Å²) in [6, 6.07) is 4.66. The minimum absolute atomic E-state index is 0.134. The molecule has 0 bridgehead atoms. The number of nitriles is 1. The molecule has 0 radical (unpaired) electrons. The van der Waals surface area contributed by atoms with Crippen LogP contribution in [-0.4, -0.2) is 11.0 Å². The van der Waals surface area contributed by atoms with Gasteiger partial charge in [-0.15, -0.1) is 0 Å². The fourth-order valence-electron chi connectivity index (χ4n) is 0.910. The highest BCUT2D eigenvalue weighted by Crippen LogP contribution is 2.16. The zero-order valence-corrected chi connectivity index (χ0v) is 7.43. The van der Waals surface area contributed by atoms with Crippen molar-refractivity contribution in [3.05, 3.63) is 34.4 Å². The summed E-state index contributed by atoms with van der Waals surface area (Å²) < 4.78 is 0. The number of nitro benzene ring substituents is 1. The molecule has 0 aliphatic rings. The summed E-state index contributed by atoms with van der Waals surface area (Å²) in [5.41, 5.74) is 0.113. The van der Waals surface area contributed by atoms with Crippen LogP contribution in [-0.2, 0) is 0 Å². The van der Waals surface area contributed by atoms with Crippen molar-refractivity contribution in [1.82, 2.24) is 5.32 Å². The van der Waals surface area contributed by atoms with Gasteiger partial charge in [-0.2, -0.15) is 5.26 Å². The molecule has 2 amide bonds. The van der Waals surface area contributed by atoms with Gasteiger partial charge in [-0.1, -0.05) is 6.07 Å². The lowest BCUT2D eigenvalue weighted by molar-refractivity contribution is -0.384. The molecule has 0 saturated carbocycles. The molecule has 0 spiro atoms. The van der Waals surface area contributed by atoms with Crippen molar-refractivity contribution < 1.29 is 9.72 Å². The van der Waals surface area contributed by atoms with Crippen LogP contribution < -0.4 is 10.6 Å².